The molecular formula is C28H24N4O2. The molecule has 168 valence electrons. The molecule has 3 heterocycles. The molecule has 0 aliphatic carbocycles. The summed E-state index contributed by atoms with van der Waals surface area (Å²) < 4.78 is 9.91. The molecule has 34 heavy (non-hydrogen) atoms. The highest BCUT2D eigenvalue weighted by Crippen LogP contribution is 2.31. The highest BCUT2D eigenvalue weighted by atomic mass is 16.5. The van der Waals surface area contributed by atoms with Crippen LogP contribution in [-0.4, -0.2) is 31.8 Å². The number of carbonyl (C=O) groups is 1. The summed E-state index contributed by atoms with van der Waals surface area (Å²) in [6.45, 7) is 3.07. The third-order valence-corrected chi connectivity index (χ3v) is 6.36. The molecule has 0 N–H and O–H groups in total. The maximum Gasteiger partial charge on any atom is 0.261 e. The molecular weight excluding hydrogens is 424 g/mol. The van der Waals surface area contributed by atoms with Crippen LogP contribution in [0, 0.1) is 6.92 Å². The molecule has 6 nitrogen and oxygen atoms in total. The van der Waals surface area contributed by atoms with Crippen LogP contribution in [0.25, 0.3) is 22.3 Å². The number of ether oxygens (including phenoxy) is 1. The molecule has 6 rings (SSSR count). The number of hydrogen-bond acceptors (Lipinski definition) is 3. The van der Waals surface area contributed by atoms with E-state index in [1.54, 1.807) is 0 Å². The molecule has 0 saturated carbocycles. The molecule has 0 unspecified atom stereocenters. The maximum atomic E-state index is 13.0. The van der Waals surface area contributed by atoms with Gasteiger partial charge in [0.1, 0.15) is 11.6 Å². The fourth-order valence-electron chi connectivity index (χ4n) is 4.58. The van der Waals surface area contributed by atoms with Gasteiger partial charge in [-0.1, -0.05) is 48.5 Å². The maximum absolute atomic E-state index is 13.0. The van der Waals surface area contributed by atoms with Crippen molar-refractivity contribution in [3.8, 4) is 17.3 Å². The van der Waals surface area contributed by atoms with Crippen LogP contribution in [0.5, 0.6) is 5.75 Å². The van der Waals surface area contributed by atoms with E-state index in [0.717, 1.165) is 39.1 Å². The summed E-state index contributed by atoms with van der Waals surface area (Å²) in [6.07, 6.45) is 4.03. The lowest BCUT2D eigenvalue weighted by molar-refractivity contribution is -0.134. The van der Waals surface area contributed by atoms with Crippen molar-refractivity contribution in [1.82, 2.24) is 19.2 Å². The van der Waals surface area contributed by atoms with Crippen LogP contribution in [0.2, 0.25) is 0 Å². The van der Waals surface area contributed by atoms with Crippen LogP contribution in [0.15, 0.2) is 91.3 Å². The summed E-state index contributed by atoms with van der Waals surface area (Å²) in [5.41, 5.74) is 4.18. The third kappa shape index (κ3) is 3.53. The highest BCUT2D eigenvalue weighted by molar-refractivity contribution is 5.84. The Hall–Kier alpha value is -4.32. The average Bonchev–Trinajstić information content (AvgIpc) is 3.59. The Morgan fingerprint density at radius 3 is 2.50 bits per heavy atom. The van der Waals surface area contributed by atoms with Crippen molar-refractivity contribution in [2.75, 3.05) is 6.61 Å². The van der Waals surface area contributed by atoms with Gasteiger partial charge in [-0.3, -0.25) is 4.79 Å². The number of rotatable bonds is 5. The van der Waals surface area contributed by atoms with Gasteiger partial charge in [-0.2, -0.15) is 5.10 Å². The lowest BCUT2D eigenvalue weighted by Gasteiger charge is -2.18. The van der Waals surface area contributed by atoms with Crippen LogP contribution in [-0.2, 0) is 17.9 Å². The predicted molar refractivity (Wildman–Crippen MR) is 131 cm³/mol. The van der Waals surface area contributed by atoms with E-state index in [1.165, 1.54) is 0 Å². The molecule has 1 aliphatic rings. The van der Waals surface area contributed by atoms with Gasteiger partial charge >= 0.3 is 0 Å². The smallest absolute Gasteiger partial charge is 0.261 e. The number of benzene rings is 3. The number of fused-ring (bicyclic) bond motifs is 2. The van der Waals surface area contributed by atoms with Crippen LogP contribution in [0.4, 0.5) is 0 Å². The zero-order valence-corrected chi connectivity index (χ0v) is 18.9. The number of carbonyl (C=O) groups excluding carboxylic acids is 1. The Morgan fingerprint density at radius 2 is 1.68 bits per heavy atom. The lowest BCUT2D eigenvalue weighted by Crippen LogP contribution is -2.31. The topological polar surface area (TPSA) is 52.3 Å². The Balaban J connectivity index is 1.24. The molecule has 3 aromatic carbocycles. The van der Waals surface area contributed by atoms with Crippen molar-refractivity contribution in [3.63, 3.8) is 0 Å². The van der Waals surface area contributed by atoms with Crippen LogP contribution < -0.4 is 4.74 Å². The zero-order valence-electron chi connectivity index (χ0n) is 18.9. The Bertz CT molecular complexity index is 1500. The number of aromatic nitrogens is 3. The van der Waals surface area contributed by atoms with Gasteiger partial charge in [-0.05, 0) is 53.6 Å². The van der Waals surface area contributed by atoms with Crippen molar-refractivity contribution in [2.45, 2.75) is 20.0 Å². The SMILES string of the molecule is Cc1ccccc1-n1nc2c(c1-n1cccc1)CN(C(=O)COc1ccc3ccccc3c1)C2. The standard InChI is InChI=1S/C28H24N4O2/c1-20-8-2-5-11-26(20)32-28(30-14-6-7-15-30)24-17-31(18-25(24)29-32)27(33)19-34-23-13-12-21-9-3-4-10-22(21)16-23/h2-16H,17-19H2,1H3. The minimum Gasteiger partial charge on any atom is -0.484 e. The van der Waals surface area contributed by atoms with Crippen molar-refractivity contribution >= 4 is 16.7 Å². The van der Waals surface area contributed by atoms with E-state index in [9.17, 15) is 4.79 Å². The van der Waals surface area contributed by atoms with Crippen molar-refractivity contribution in [3.05, 3.63) is 108 Å². The summed E-state index contributed by atoms with van der Waals surface area (Å²) in [6, 6.07) is 26.2. The van der Waals surface area contributed by atoms with E-state index in [-0.39, 0.29) is 12.5 Å². The Labute approximate surface area is 197 Å². The Morgan fingerprint density at radius 1 is 0.912 bits per heavy atom. The van der Waals surface area contributed by atoms with Crippen molar-refractivity contribution < 1.29 is 9.53 Å². The lowest BCUT2D eigenvalue weighted by atomic mass is 10.1. The first kappa shape index (κ1) is 20.3. The molecule has 1 amide bonds. The van der Waals surface area contributed by atoms with Crippen LogP contribution in [0.1, 0.15) is 16.8 Å². The quantitative estimate of drug-likeness (QED) is 0.378. The molecule has 0 bridgehead atoms. The molecule has 0 spiro atoms. The van der Waals surface area contributed by atoms with E-state index in [0.29, 0.717) is 18.8 Å². The summed E-state index contributed by atoms with van der Waals surface area (Å²) in [4.78, 5) is 14.8. The first-order valence-electron chi connectivity index (χ1n) is 11.4. The first-order chi connectivity index (χ1) is 16.7. The monoisotopic (exact) mass is 448 g/mol. The van der Waals surface area contributed by atoms with Gasteiger partial charge in [-0.25, -0.2) is 4.68 Å². The molecule has 0 saturated heterocycles. The van der Waals surface area contributed by atoms with Crippen molar-refractivity contribution in [1.29, 1.82) is 0 Å². The van der Waals surface area contributed by atoms with Gasteiger partial charge in [0.2, 0.25) is 0 Å². The summed E-state index contributed by atoms with van der Waals surface area (Å²) in [5, 5.41) is 7.16. The van der Waals surface area contributed by atoms with E-state index in [4.69, 9.17) is 9.84 Å². The number of hydrogen-bond donors (Lipinski definition) is 0. The van der Waals surface area contributed by atoms with Gasteiger partial charge in [0.05, 0.1) is 24.5 Å². The fraction of sp³-hybridized carbons (Fsp3) is 0.143. The van der Waals surface area contributed by atoms with E-state index >= 15 is 0 Å². The van der Waals surface area contributed by atoms with Gasteiger partial charge in [0.15, 0.2) is 6.61 Å². The van der Waals surface area contributed by atoms with Gasteiger partial charge in [0, 0.05) is 18.0 Å². The largest absolute Gasteiger partial charge is 0.484 e. The molecule has 6 heteroatoms. The van der Waals surface area contributed by atoms with E-state index < -0.39 is 0 Å². The van der Waals surface area contributed by atoms with Gasteiger partial charge < -0.3 is 14.2 Å². The van der Waals surface area contributed by atoms with Crippen LogP contribution >= 0.6 is 0 Å². The molecule has 5 aromatic rings. The van der Waals surface area contributed by atoms with E-state index in [2.05, 4.69) is 29.7 Å². The second-order valence-corrected chi connectivity index (χ2v) is 8.58. The number of para-hydroxylation sites is 1. The van der Waals surface area contributed by atoms with E-state index in [1.807, 2.05) is 82.6 Å². The Kier molecular flexibility index (Phi) is 4.91. The summed E-state index contributed by atoms with van der Waals surface area (Å²) in [5.74, 6) is 1.62. The van der Waals surface area contributed by atoms with Gasteiger partial charge in [-0.15, -0.1) is 0 Å². The minimum absolute atomic E-state index is 0.000733. The minimum atomic E-state index is -0.0490. The molecule has 0 radical (unpaired) electrons. The summed E-state index contributed by atoms with van der Waals surface area (Å²) in [7, 11) is 0. The second kappa shape index (κ2) is 8.23. The highest BCUT2D eigenvalue weighted by Gasteiger charge is 2.31. The molecule has 2 aromatic heterocycles. The number of aryl methyl sites for hydroxylation is 1. The average molecular weight is 449 g/mol. The number of amides is 1. The van der Waals surface area contributed by atoms with Crippen LogP contribution in [0.3, 0.4) is 0 Å². The molecule has 0 fully saturated rings. The zero-order chi connectivity index (χ0) is 23.1. The second-order valence-electron chi connectivity index (χ2n) is 8.58. The van der Waals surface area contributed by atoms with Crippen molar-refractivity contribution in [2.24, 2.45) is 0 Å². The summed E-state index contributed by atoms with van der Waals surface area (Å²) >= 11 is 0. The predicted octanol–water partition coefficient (Wildman–Crippen LogP) is 5.05. The molecule has 0 atom stereocenters. The first-order valence-corrected chi connectivity index (χ1v) is 11.4. The molecule has 1 aliphatic heterocycles. The van der Waals surface area contributed by atoms with Gasteiger partial charge in [0.25, 0.3) is 5.91 Å². The normalized spacial score (nSPS) is 12.8. The third-order valence-electron chi connectivity index (χ3n) is 6.36. The fourth-order valence-corrected chi connectivity index (χ4v) is 4.58. The number of nitrogens with zero attached hydrogens (tertiary/aromatic N) is 4.